The third kappa shape index (κ3) is 6.71. The van der Waals surface area contributed by atoms with Gasteiger partial charge in [0.15, 0.2) is 0 Å². The van der Waals surface area contributed by atoms with E-state index in [4.69, 9.17) is 4.74 Å². The van der Waals surface area contributed by atoms with Crippen molar-refractivity contribution in [3.05, 3.63) is 0 Å². The fraction of sp³-hybridized carbons (Fsp3) is 0.750. The average Bonchev–Trinajstić information content (AvgIpc) is 2.14. The van der Waals surface area contributed by atoms with Gasteiger partial charge in [0.25, 0.3) is 0 Å². The van der Waals surface area contributed by atoms with Crippen molar-refractivity contribution in [2.45, 2.75) is 46.1 Å². The molecule has 5 nitrogen and oxygen atoms in total. The molecule has 0 fully saturated rings. The van der Waals surface area contributed by atoms with E-state index >= 15 is 0 Å². The predicted molar refractivity (Wildman–Crippen MR) is 61.3 cm³/mol. The van der Waals surface area contributed by atoms with E-state index < -0.39 is 23.5 Å². The van der Waals surface area contributed by atoms with Crippen LogP contribution in [0.4, 0.5) is 0 Å². The van der Waals surface area contributed by atoms with E-state index in [2.05, 4.69) is 4.74 Å². The lowest BCUT2D eigenvalue weighted by Gasteiger charge is -2.22. The Labute approximate surface area is 101 Å². The summed E-state index contributed by atoms with van der Waals surface area (Å²) in [6.45, 7) is 6.49. The molecule has 0 spiro atoms. The number of ketones is 1. The maximum Gasteiger partial charge on any atom is 0.316 e. The van der Waals surface area contributed by atoms with Gasteiger partial charge in [0.1, 0.15) is 17.3 Å². The number of rotatable bonds is 5. The molecule has 0 aliphatic rings. The molecule has 1 unspecified atom stereocenters. The molecule has 0 amide bonds. The molecule has 0 saturated carbocycles. The molecular formula is C12H20O5. The fourth-order valence-electron chi connectivity index (χ4n) is 1.22. The third-order valence-electron chi connectivity index (χ3n) is 2.05. The van der Waals surface area contributed by atoms with E-state index in [1.54, 1.807) is 20.8 Å². The van der Waals surface area contributed by atoms with Gasteiger partial charge in [-0.15, -0.1) is 0 Å². The highest BCUT2D eigenvalue weighted by atomic mass is 16.6. The zero-order valence-electron chi connectivity index (χ0n) is 11.0. The van der Waals surface area contributed by atoms with Crippen molar-refractivity contribution in [3.8, 4) is 0 Å². The number of methoxy groups -OCH3 is 1. The van der Waals surface area contributed by atoms with Crippen LogP contribution in [0.15, 0.2) is 0 Å². The highest BCUT2D eigenvalue weighted by Gasteiger charge is 2.29. The summed E-state index contributed by atoms with van der Waals surface area (Å²) < 4.78 is 9.57. The second-order valence-electron chi connectivity index (χ2n) is 4.81. The van der Waals surface area contributed by atoms with Gasteiger partial charge in [-0.3, -0.25) is 14.4 Å². The SMILES string of the molecule is COC(=O)CCC(C(C)=O)C(=O)OC(C)(C)C. The van der Waals surface area contributed by atoms with Crippen LogP contribution in [0, 0.1) is 5.92 Å². The second kappa shape index (κ2) is 6.37. The van der Waals surface area contributed by atoms with Crippen LogP contribution in [0.5, 0.6) is 0 Å². The van der Waals surface area contributed by atoms with E-state index in [0.717, 1.165) is 0 Å². The topological polar surface area (TPSA) is 69.7 Å². The van der Waals surface area contributed by atoms with Crippen LogP contribution >= 0.6 is 0 Å². The van der Waals surface area contributed by atoms with E-state index in [0.29, 0.717) is 0 Å². The number of hydrogen-bond acceptors (Lipinski definition) is 5. The first-order valence-electron chi connectivity index (χ1n) is 5.47. The van der Waals surface area contributed by atoms with E-state index in [1.165, 1.54) is 14.0 Å². The predicted octanol–water partition coefficient (Wildman–Crippen LogP) is 1.49. The largest absolute Gasteiger partial charge is 0.469 e. The normalized spacial score (nSPS) is 12.8. The quantitative estimate of drug-likeness (QED) is 0.541. The maximum atomic E-state index is 11.7. The molecule has 0 bridgehead atoms. The van der Waals surface area contributed by atoms with E-state index in [1.807, 2.05) is 0 Å². The van der Waals surface area contributed by atoms with E-state index in [9.17, 15) is 14.4 Å². The molecule has 0 heterocycles. The average molecular weight is 244 g/mol. The molecule has 0 aromatic carbocycles. The van der Waals surface area contributed by atoms with Gasteiger partial charge in [-0.25, -0.2) is 0 Å². The minimum atomic E-state index is -0.895. The van der Waals surface area contributed by atoms with Gasteiger partial charge in [-0.2, -0.15) is 0 Å². The Morgan fingerprint density at radius 2 is 1.71 bits per heavy atom. The summed E-state index contributed by atoms with van der Waals surface area (Å²) in [5.74, 6) is -2.23. The summed E-state index contributed by atoms with van der Waals surface area (Å²) in [6, 6.07) is 0. The van der Waals surface area contributed by atoms with Crippen molar-refractivity contribution in [2.24, 2.45) is 5.92 Å². The molecular weight excluding hydrogens is 224 g/mol. The minimum absolute atomic E-state index is 0.0278. The number of carbonyl (C=O) groups is 3. The molecule has 0 aromatic rings. The lowest BCUT2D eigenvalue weighted by Crippen LogP contribution is -2.32. The molecule has 0 aliphatic heterocycles. The standard InChI is InChI=1S/C12H20O5/c1-8(13)9(6-7-10(14)16-5)11(15)17-12(2,3)4/h9H,6-7H2,1-5H3. The molecule has 5 heteroatoms. The van der Waals surface area contributed by atoms with Gasteiger partial charge in [-0.05, 0) is 34.1 Å². The van der Waals surface area contributed by atoms with Gasteiger partial charge >= 0.3 is 11.9 Å². The third-order valence-corrected chi connectivity index (χ3v) is 2.05. The van der Waals surface area contributed by atoms with Crippen LogP contribution in [-0.4, -0.2) is 30.4 Å². The summed E-state index contributed by atoms with van der Waals surface area (Å²) in [4.78, 5) is 34.0. The first-order valence-corrected chi connectivity index (χ1v) is 5.47. The lowest BCUT2D eigenvalue weighted by molar-refractivity contribution is -0.162. The number of ether oxygens (including phenoxy) is 2. The molecule has 0 saturated heterocycles. The Bertz CT molecular complexity index is 301. The van der Waals surface area contributed by atoms with Crippen molar-refractivity contribution in [3.63, 3.8) is 0 Å². The molecule has 0 rings (SSSR count). The Kier molecular flexibility index (Phi) is 5.85. The van der Waals surface area contributed by atoms with Gasteiger partial charge < -0.3 is 9.47 Å². The maximum absolute atomic E-state index is 11.7. The Hall–Kier alpha value is -1.39. The van der Waals surface area contributed by atoms with Crippen LogP contribution in [0.25, 0.3) is 0 Å². The van der Waals surface area contributed by atoms with Crippen molar-refractivity contribution in [1.82, 2.24) is 0 Å². The van der Waals surface area contributed by atoms with Crippen molar-refractivity contribution < 1.29 is 23.9 Å². The Balaban J connectivity index is 4.48. The van der Waals surface area contributed by atoms with Crippen molar-refractivity contribution >= 4 is 17.7 Å². The molecule has 0 aliphatic carbocycles. The first kappa shape index (κ1) is 15.6. The number of Topliss-reactive ketones (excluding diaryl/α,β-unsaturated/α-hetero) is 1. The zero-order chi connectivity index (χ0) is 13.6. The lowest BCUT2D eigenvalue weighted by atomic mass is 9.99. The van der Waals surface area contributed by atoms with Gasteiger partial charge in [0.05, 0.1) is 7.11 Å². The summed E-state index contributed by atoms with van der Waals surface area (Å²) >= 11 is 0. The fourth-order valence-corrected chi connectivity index (χ4v) is 1.22. The molecule has 1 atom stereocenters. The molecule has 98 valence electrons. The van der Waals surface area contributed by atoms with Crippen LogP contribution in [0.1, 0.15) is 40.5 Å². The molecule has 0 aromatic heterocycles. The van der Waals surface area contributed by atoms with E-state index in [-0.39, 0.29) is 18.6 Å². The van der Waals surface area contributed by atoms with Gasteiger partial charge in [0, 0.05) is 6.42 Å². The first-order chi connectivity index (χ1) is 7.67. The van der Waals surface area contributed by atoms with Crippen molar-refractivity contribution in [1.29, 1.82) is 0 Å². The number of hydrogen-bond donors (Lipinski definition) is 0. The minimum Gasteiger partial charge on any atom is -0.469 e. The van der Waals surface area contributed by atoms with Crippen LogP contribution < -0.4 is 0 Å². The number of esters is 2. The van der Waals surface area contributed by atoms with Gasteiger partial charge in [-0.1, -0.05) is 0 Å². The summed E-state index contributed by atoms with van der Waals surface area (Å²) in [7, 11) is 1.26. The smallest absolute Gasteiger partial charge is 0.316 e. The monoisotopic (exact) mass is 244 g/mol. The highest BCUT2D eigenvalue weighted by Crippen LogP contribution is 2.16. The zero-order valence-corrected chi connectivity index (χ0v) is 11.0. The molecule has 0 radical (unpaired) electrons. The summed E-state index contributed by atoms with van der Waals surface area (Å²) in [6.07, 6.45) is 0.150. The second-order valence-corrected chi connectivity index (χ2v) is 4.81. The summed E-state index contributed by atoms with van der Waals surface area (Å²) in [5.41, 5.74) is -0.643. The molecule has 17 heavy (non-hydrogen) atoms. The van der Waals surface area contributed by atoms with Crippen LogP contribution in [0.3, 0.4) is 0 Å². The Morgan fingerprint density at radius 1 is 1.18 bits per heavy atom. The van der Waals surface area contributed by atoms with Crippen molar-refractivity contribution in [2.75, 3.05) is 7.11 Å². The van der Waals surface area contributed by atoms with Gasteiger partial charge in [0.2, 0.25) is 0 Å². The van der Waals surface area contributed by atoms with Crippen LogP contribution in [0.2, 0.25) is 0 Å². The van der Waals surface area contributed by atoms with Crippen LogP contribution in [-0.2, 0) is 23.9 Å². The Morgan fingerprint density at radius 3 is 2.06 bits per heavy atom. The number of carbonyl (C=O) groups excluding carboxylic acids is 3. The summed E-state index contributed by atoms with van der Waals surface area (Å²) in [5, 5.41) is 0. The molecule has 0 N–H and O–H groups in total. The highest BCUT2D eigenvalue weighted by molar-refractivity contribution is 5.98.